The predicted octanol–water partition coefficient (Wildman–Crippen LogP) is 3.97. The van der Waals surface area contributed by atoms with Crippen molar-refractivity contribution in [2.75, 3.05) is 13.1 Å². The van der Waals surface area contributed by atoms with Gasteiger partial charge in [-0.1, -0.05) is 31.0 Å². The lowest BCUT2D eigenvalue weighted by molar-refractivity contribution is 0.0950. The lowest BCUT2D eigenvalue weighted by atomic mass is 10.2. The highest BCUT2D eigenvalue weighted by Gasteiger charge is 2.25. The number of hydrogen-bond donors (Lipinski definition) is 1. The summed E-state index contributed by atoms with van der Waals surface area (Å²) in [5.41, 5.74) is 1.25. The van der Waals surface area contributed by atoms with Crippen LogP contribution < -0.4 is 10.1 Å². The SMILES string of the molecule is CC(C)Oc1cccc(CNC(=O)c2cccc(S(=O)(=O)N3CCCCCC3)c2)c1. The summed E-state index contributed by atoms with van der Waals surface area (Å²) in [5, 5.41) is 2.86. The van der Waals surface area contributed by atoms with E-state index in [1.165, 1.54) is 10.4 Å². The molecule has 0 atom stereocenters. The van der Waals surface area contributed by atoms with Crippen molar-refractivity contribution < 1.29 is 17.9 Å². The molecule has 1 heterocycles. The highest BCUT2D eigenvalue weighted by atomic mass is 32.2. The van der Waals surface area contributed by atoms with Gasteiger partial charge in [-0.2, -0.15) is 4.31 Å². The highest BCUT2D eigenvalue weighted by molar-refractivity contribution is 7.89. The zero-order chi connectivity index (χ0) is 21.6. The molecule has 2 aromatic rings. The lowest BCUT2D eigenvalue weighted by Gasteiger charge is -2.20. The number of carbonyl (C=O) groups excluding carboxylic acids is 1. The summed E-state index contributed by atoms with van der Waals surface area (Å²) in [7, 11) is -3.59. The summed E-state index contributed by atoms with van der Waals surface area (Å²) in [6.45, 7) is 5.32. The van der Waals surface area contributed by atoms with Gasteiger partial charge in [-0.3, -0.25) is 4.79 Å². The van der Waals surface area contributed by atoms with E-state index in [0.717, 1.165) is 37.0 Å². The molecule has 0 aromatic heterocycles. The number of nitrogens with zero attached hydrogens (tertiary/aromatic N) is 1. The van der Waals surface area contributed by atoms with E-state index in [1.54, 1.807) is 18.2 Å². The minimum Gasteiger partial charge on any atom is -0.491 e. The Bertz CT molecular complexity index is 965. The van der Waals surface area contributed by atoms with Gasteiger partial charge in [0.2, 0.25) is 10.0 Å². The summed E-state index contributed by atoms with van der Waals surface area (Å²) < 4.78 is 33.2. The second-order valence-electron chi connectivity index (χ2n) is 7.84. The van der Waals surface area contributed by atoms with Crippen molar-refractivity contribution in [3.05, 3.63) is 59.7 Å². The first-order valence-corrected chi connectivity index (χ1v) is 11.9. The number of rotatable bonds is 7. The average molecular weight is 431 g/mol. The first kappa shape index (κ1) is 22.3. The molecule has 1 N–H and O–H groups in total. The third-order valence-electron chi connectivity index (χ3n) is 5.02. The van der Waals surface area contributed by atoms with Gasteiger partial charge in [-0.25, -0.2) is 8.42 Å². The molecule has 1 fully saturated rings. The van der Waals surface area contributed by atoms with Crippen LogP contribution in [0, 0.1) is 0 Å². The van der Waals surface area contributed by atoms with Crippen molar-refractivity contribution in [2.45, 2.75) is 57.1 Å². The van der Waals surface area contributed by atoms with E-state index >= 15 is 0 Å². The van der Waals surface area contributed by atoms with Crippen LogP contribution in [0.25, 0.3) is 0 Å². The fourth-order valence-corrected chi connectivity index (χ4v) is 5.08. The van der Waals surface area contributed by atoms with Gasteiger partial charge < -0.3 is 10.1 Å². The maximum atomic E-state index is 13.0. The van der Waals surface area contributed by atoms with Crippen molar-refractivity contribution >= 4 is 15.9 Å². The first-order valence-electron chi connectivity index (χ1n) is 10.5. The van der Waals surface area contributed by atoms with Crippen LogP contribution in [-0.4, -0.2) is 37.8 Å². The predicted molar refractivity (Wildman–Crippen MR) is 117 cm³/mol. The van der Waals surface area contributed by atoms with Crippen molar-refractivity contribution in [1.82, 2.24) is 9.62 Å². The number of ether oxygens (including phenoxy) is 1. The molecule has 1 aliphatic rings. The van der Waals surface area contributed by atoms with Crippen LogP contribution in [-0.2, 0) is 16.6 Å². The van der Waals surface area contributed by atoms with E-state index in [-0.39, 0.29) is 16.9 Å². The normalized spacial score (nSPS) is 15.6. The van der Waals surface area contributed by atoms with Gasteiger partial charge in [0, 0.05) is 25.2 Å². The minimum atomic E-state index is -3.59. The molecule has 0 radical (unpaired) electrons. The standard InChI is InChI=1S/C23H30N2O4S/c1-18(2)29-21-11-7-9-19(15-21)17-24-23(26)20-10-8-12-22(16-20)30(27,28)25-13-5-3-4-6-14-25/h7-12,15-16,18H,3-6,13-14,17H2,1-2H3,(H,24,26). The quantitative estimate of drug-likeness (QED) is 0.721. The van der Waals surface area contributed by atoms with Crippen LogP contribution in [0.4, 0.5) is 0 Å². The monoisotopic (exact) mass is 430 g/mol. The molecule has 0 spiro atoms. The number of amides is 1. The largest absolute Gasteiger partial charge is 0.491 e. The Kier molecular flexibility index (Phi) is 7.50. The molecule has 30 heavy (non-hydrogen) atoms. The number of sulfonamides is 1. The minimum absolute atomic E-state index is 0.0729. The molecule has 0 saturated carbocycles. The van der Waals surface area contributed by atoms with Crippen LogP contribution in [0.5, 0.6) is 5.75 Å². The van der Waals surface area contributed by atoms with E-state index in [9.17, 15) is 13.2 Å². The maximum absolute atomic E-state index is 13.0. The van der Waals surface area contributed by atoms with Crippen LogP contribution in [0.3, 0.4) is 0 Å². The molecular formula is C23H30N2O4S. The van der Waals surface area contributed by atoms with Crippen LogP contribution in [0.2, 0.25) is 0 Å². The van der Waals surface area contributed by atoms with Gasteiger partial charge in [0.05, 0.1) is 11.0 Å². The second-order valence-corrected chi connectivity index (χ2v) is 9.78. The lowest BCUT2D eigenvalue weighted by Crippen LogP contribution is -2.32. The molecule has 0 bridgehead atoms. The molecule has 0 aliphatic carbocycles. The summed E-state index contributed by atoms with van der Waals surface area (Å²) >= 11 is 0. The number of carbonyl (C=O) groups is 1. The summed E-state index contributed by atoms with van der Waals surface area (Å²) in [5.74, 6) is 0.445. The fourth-order valence-electron chi connectivity index (χ4n) is 3.51. The third-order valence-corrected chi connectivity index (χ3v) is 6.92. The van der Waals surface area contributed by atoms with E-state index in [0.29, 0.717) is 25.2 Å². The Morgan fingerprint density at radius 1 is 1.03 bits per heavy atom. The van der Waals surface area contributed by atoms with Crippen LogP contribution >= 0.6 is 0 Å². The number of nitrogens with one attached hydrogen (secondary N) is 1. The Morgan fingerprint density at radius 2 is 1.73 bits per heavy atom. The zero-order valence-corrected chi connectivity index (χ0v) is 18.5. The maximum Gasteiger partial charge on any atom is 0.251 e. The second kappa shape index (κ2) is 10.1. The number of benzene rings is 2. The van der Waals surface area contributed by atoms with E-state index in [4.69, 9.17) is 4.74 Å². The molecular weight excluding hydrogens is 400 g/mol. The summed E-state index contributed by atoms with van der Waals surface area (Å²) in [4.78, 5) is 12.8. The van der Waals surface area contributed by atoms with Gasteiger partial charge in [0.25, 0.3) is 5.91 Å². The van der Waals surface area contributed by atoms with Gasteiger partial charge in [0.15, 0.2) is 0 Å². The van der Waals surface area contributed by atoms with Gasteiger partial charge in [0.1, 0.15) is 5.75 Å². The Hall–Kier alpha value is -2.38. The molecule has 2 aromatic carbocycles. The molecule has 1 saturated heterocycles. The van der Waals surface area contributed by atoms with E-state index in [2.05, 4.69) is 5.32 Å². The van der Waals surface area contributed by atoms with Gasteiger partial charge >= 0.3 is 0 Å². The van der Waals surface area contributed by atoms with Gasteiger partial charge in [-0.15, -0.1) is 0 Å². The van der Waals surface area contributed by atoms with Crippen LogP contribution in [0.1, 0.15) is 55.5 Å². The number of hydrogen-bond acceptors (Lipinski definition) is 4. The molecule has 0 unspecified atom stereocenters. The molecule has 1 amide bonds. The molecule has 6 nitrogen and oxygen atoms in total. The third kappa shape index (κ3) is 5.83. The summed E-state index contributed by atoms with van der Waals surface area (Å²) in [6, 6.07) is 13.8. The highest BCUT2D eigenvalue weighted by Crippen LogP contribution is 2.21. The first-order chi connectivity index (χ1) is 14.4. The molecule has 1 aliphatic heterocycles. The van der Waals surface area contributed by atoms with Crippen molar-refractivity contribution in [1.29, 1.82) is 0 Å². The topological polar surface area (TPSA) is 75.7 Å². The average Bonchev–Trinajstić information content (AvgIpc) is 3.02. The van der Waals surface area contributed by atoms with Crippen LogP contribution in [0.15, 0.2) is 53.4 Å². The smallest absolute Gasteiger partial charge is 0.251 e. The van der Waals surface area contributed by atoms with E-state index in [1.807, 2.05) is 38.1 Å². The summed E-state index contributed by atoms with van der Waals surface area (Å²) in [6.07, 6.45) is 3.93. The molecule has 3 rings (SSSR count). The Balaban J connectivity index is 1.69. The van der Waals surface area contributed by atoms with Crippen molar-refractivity contribution in [3.8, 4) is 5.75 Å². The Morgan fingerprint density at radius 3 is 2.43 bits per heavy atom. The Labute approximate surface area is 179 Å². The van der Waals surface area contributed by atoms with Crippen molar-refractivity contribution in [3.63, 3.8) is 0 Å². The fraction of sp³-hybridized carbons (Fsp3) is 0.435. The zero-order valence-electron chi connectivity index (χ0n) is 17.6. The van der Waals surface area contributed by atoms with Crippen molar-refractivity contribution in [2.24, 2.45) is 0 Å². The molecule has 7 heteroatoms. The molecule has 162 valence electrons. The van der Waals surface area contributed by atoms with Gasteiger partial charge in [-0.05, 0) is 62.6 Å². The van der Waals surface area contributed by atoms with E-state index < -0.39 is 10.0 Å².